The summed E-state index contributed by atoms with van der Waals surface area (Å²) in [5, 5.41) is 2.90. The number of thiazole rings is 1. The Labute approximate surface area is 183 Å². The highest BCUT2D eigenvalue weighted by atomic mass is 35.7. The van der Waals surface area contributed by atoms with Gasteiger partial charge in [0.25, 0.3) is 5.01 Å². The third kappa shape index (κ3) is 3.76. The lowest BCUT2D eigenvalue weighted by Gasteiger charge is -2.17. The number of benzene rings is 2. The van der Waals surface area contributed by atoms with E-state index in [1.54, 1.807) is 0 Å². The van der Waals surface area contributed by atoms with Crippen LogP contribution in [0.25, 0.3) is 15.8 Å². The van der Waals surface area contributed by atoms with Crippen molar-refractivity contribution in [2.75, 3.05) is 11.4 Å². The van der Waals surface area contributed by atoms with E-state index in [0.29, 0.717) is 0 Å². The molecule has 0 fully saturated rings. The van der Waals surface area contributed by atoms with Crippen LogP contribution in [0.3, 0.4) is 0 Å². The first-order valence-electron chi connectivity index (χ1n) is 9.40. The molecule has 0 amide bonds. The van der Waals surface area contributed by atoms with Crippen molar-refractivity contribution in [3.8, 4) is 0 Å². The predicted molar refractivity (Wildman–Crippen MR) is 106 cm³/mol. The maximum absolute atomic E-state index is 8.49. The number of fused-ring (bicyclic) bond motifs is 6. The zero-order valence-electron chi connectivity index (χ0n) is 15.7. The lowest BCUT2D eigenvalue weighted by Crippen LogP contribution is -2.68. The number of hydrogen-bond acceptors (Lipinski definition) is 7. The number of nitrogens with zero attached hydrogens (tertiary/aromatic N) is 2. The minimum absolute atomic E-state index is 1.12. The largest absolute Gasteiger partial charge is 0.334 e. The predicted octanol–water partition coefficient (Wildman–Crippen LogP) is 0.448. The molecule has 30 heavy (non-hydrogen) atoms. The molecular formula is C21H17ClN2O4S2. The molecule has 6 rings (SSSR count). The van der Waals surface area contributed by atoms with Gasteiger partial charge in [-0.2, -0.15) is 4.57 Å². The lowest BCUT2D eigenvalue weighted by atomic mass is 10.1. The second kappa shape index (κ2) is 7.65. The van der Waals surface area contributed by atoms with Crippen LogP contribution in [0.1, 0.15) is 17.8 Å². The number of hydrogen-bond donors (Lipinski definition) is 0. The van der Waals surface area contributed by atoms with Crippen molar-refractivity contribution in [1.82, 2.24) is 0 Å². The molecule has 0 bridgehead atoms. The number of aromatic nitrogens is 1. The quantitative estimate of drug-likeness (QED) is 0.489. The summed E-state index contributed by atoms with van der Waals surface area (Å²) in [7, 11) is -4.94. The standard InChI is InChI=1S/C21H17N2S2.ClHO4/c1-3-7-18-16(5-1)22-11-9-14(20(22)24-18)13-15-10-12-23-17-6-2-4-8-19(17)25-21(15)23;2-1(3,4)5/h1-8,13H,9-12H2;(H,2,3,4,5)/q+1;/p-1. The minimum Gasteiger partial charge on any atom is -0.334 e. The number of allylic oxidation sites excluding steroid dienone is 2. The molecule has 0 radical (unpaired) electrons. The van der Waals surface area contributed by atoms with E-state index in [9.17, 15) is 0 Å². The molecule has 4 heterocycles. The van der Waals surface area contributed by atoms with Crippen LogP contribution in [0.15, 0.2) is 70.1 Å². The molecule has 0 unspecified atom stereocenters. The van der Waals surface area contributed by atoms with Crippen LogP contribution in [0.4, 0.5) is 5.69 Å². The van der Waals surface area contributed by atoms with Gasteiger partial charge in [-0.15, -0.1) is 10.2 Å². The summed E-state index contributed by atoms with van der Waals surface area (Å²) < 4.78 is 37.9. The fourth-order valence-corrected chi connectivity index (χ4v) is 6.61. The summed E-state index contributed by atoms with van der Waals surface area (Å²) in [6.45, 7) is 2.23. The molecule has 3 aliphatic rings. The van der Waals surface area contributed by atoms with Crippen LogP contribution in [0.2, 0.25) is 0 Å². The molecule has 1 aromatic heterocycles. The normalized spacial score (nSPS) is 18.5. The number of thioether (sulfide) groups is 1. The van der Waals surface area contributed by atoms with E-state index in [-0.39, 0.29) is 0 Å². The van der Waals surface area contributed by atoms with Crippen molar-refractivity contribution in [1.29, 1.82) is 0 Å². The molecule has 0 atom stereocenters. The molecule has 3 aliphatic heterocycles. The Balaban J connectivity index is 0.000000349. The van der Waals surface area contributed by atoms with Gasteiger partial charge in [-0.25, -0.2) is 18.6 Å². The van der Waals surface area contributed by atoms with Gasteiger partial charge in [0.1, 0.15) is 4.70 Å². The number of aryl methyl sites for hydroxylation is 1. The highest BCUT2D eigenvalue weighted by Gasteiger charge is 2.34. The van der Waals surface area contributed by atoms with Crippen molar-refractivity contribution in [3.63, 3.8) is 0 Å². The zero-order valence-corrected chi connectivity index (χ0v) is 18.1. The van der Waals surface area contributed by atoms with Crippen LogP contribution in [-0.4, -0.2) is 6.54 Å². The Morgan fingerprint density at radius 2 is 1.70 bits per heavy atom. The van der Waals surface area contributed by atoms with Crippen molar-refractivity contribution in [2.45, 2.75) is 24.3 Å². The minimum atomic E-state index is -4.94. The van der Waals surface area contributed by atoms with Gasteiger partial charge >= 0.3 is 0 Å². The van der Waals surface area contributed by atoms with Gasteiger partial charge in [0.15, 0.2) is 6.54 Å². The molecule has 0 saturated heterocycles. The summed E-state index contributed by atoms with van der Waals surface area (Å²) in [6, 6.07) is 17.6. The number of anilines is 1. The lowest BCUT2D eigenvalue weighted by molar-refractivity contribution is -2.00. The van der Waals surface area contributed by atoms with Crippen LogP contribution in [0.5, 0.6) is 0 Å². The Morgan fingerprint density at radius 1 is 0.967 bits per heavy atom. The zero-order chi connectivity index (χ0) is 20.9. The maximum atomic E-state index is 8.49. The first-order chi connectivity index (χ1) is 14.4. The first kappa shape index (κ1) is 20.0. The van der Waals surface area contributed by atoms with Gasteiger partial charge in [-0.1, -0.05) is 47.4 Å². The highest BCUT2D eigenvalue weighted by Crippen LogP contribution is 2.51. The first-order valence-corrected chi connectivity index (χ1v) is 12.3. The molecule has 0 aliphatic carbocycles. The van der Waals surface area contributed by atoms with E-state index in [4.69, 9.17) is 18.6 Å². The summed E-state index contributed by atoms with van der Waals surface area (Å²) >= 11 is 3.88. The van der Waals surface area contributed by atoms with Crippen molar-refractivity contribution in [3.05, 3.63) is 70.2 Å². The van der Waals surface area contributed by atoms with Gasteiger partial charge in [0.2, 0.25) is 5.52 Å². The van der Waals surface area contributed by atoms with E-state index in [1.807, 2.05) is 23.1 Å². The Hall–Kier alpha value is -1.91. The average Bonchev–Trinajstić information content (AvgIpc) is 3.42. The van der Waals surface area contributed by atoms with Crippen molar-refractivity contribution in [2.24, 2.45) is 0 Å². The third-order valence-corrected chi connectivity index (χ3v) is 7.81. The van der Waals surface area contributed by atoms with Crippen LogP contribution < -0.4 is 28.1 Å². The Morgan fingerprint density at radius 3 is 2.53 bits per heavy atom. The molecular weight excluding hydrogens is 444 g/mol. The summed E-state index contributed by atoms with van der Waals surface area (Å²) in [6.07, 6.45) is 4.80. The molecule has 0 saturated carbocycles. The van der Waals surface area contributed by atoms with E-state index in [2.05, 4.69) is 64.1 Å². The molecule has 0 spiro atoms. The highest BCUT2D eigenvalue weighted by molar-refractivity contribution is 8.03. The molecule has 3 aromatic rings. The Kier molecular flexibility index (Phi) is 5.11. The van der Waals surface area contributed by atoms with E-state index < -0.39 is 10.2 Å². The second-order valence-corrected chi connectivity index (χ2v) is 9.94. The monoisotopic (exact) mass is 460 g/mol. The third-order valence-electron chi connectivity index (χ3n) is 5.32. The van der Waals surface area contributed by atoms with E-state index >= 15 is 0 Å². The van der Waals surface area contributed by atoms with Crippen molar-refractivity contribution < 1.29 is 33.4 Å². The SMILES string of the molecule is C(=C1CC[n+]2c1sc1ccccc12)C1=C2Sc3ccccc3N2CC1.[O-][Cl+3]([O-])([O-])[O-]. The van der Waals surface area contributed by atoms with E-state index in [1.165, 1.54) is 42.0 Å². The topological polar surface area (TPSA) is 99.4 Å². The summed E-state index contributed by atoms with van der Waals surface area (Å²) in [5.41, 5.74) is 5.81. The fourth-order valence-electron chi connectivity index (χ4n) is 4.15. The van der Waals surface area contributed by atoms with Gasteiger partial charge in [0.05, 0.1) is 10.7 Å². The number of rotatable bonds is 1. The van der Waals surface area contributed by atoms with Gasteiger partial charge < -0.3 is 4.90 Å². The molecule has 154 valence electrons. The molecule has 9 heteroatoms. The molecule has 6 nitrogen and oxygen atoms in total. The Bertz CT molecular complexity index is 1190. The maximum Gasteiger partial charge on any atom is 0.266 e. The summed E-state index contributed by atoms with van der Waals surface area (Å²) in [4.78, 5) is 3.90. The number of halogens is 1. The molecule has 0 N–H and O–H groups in total. The molecule has 2 aromatic carbocycles. The summed E-state index contributed by atoms with van der Waals surface area (Å²) in [5.74, 6) is 0. The number of para-hydroxylation sites is 2. The van der Waals surface area contributed by atoms with Crippen LogP contribution in [0, 0.1) is 10.2 Å². The second-order valence-electron chi connectivity index (χ2n) is 7.13. The fraction of sp³-hybridized carbons (Fsp3) is 0.190. The van der Waals surface area contributed by atoms with Crippen LogP contribution in [-0.2, 0) is 6.54 Å². The van der Waals surface area contributed by atoms with Gasteiger partial charge in [0, 0.05) is 29.5 Å². The van der Waals surface area contributed by atoms with Gasteiger partial charge in [-0.05, 0) is 36.3 Å². The van der Waals surface area contributed by atoms with Crippen molar-refractivity contribution >= 4 is 44.6 Å². The smallest absolute Gasteiger partial charge is 0.266 e. The average molecular weight is 461 g/mol. The van der Waals surface area contributed by atoms with Gasteiger partial charge in [-0.3, -0.25) is 0 Å². The van der Waals surface area contributed by atoms with Crippen LogP contribution >= 0.6 is 23.1 Å². The van der Waals surface area contributed by atoms with E-state index in [0.717, 1.165) is 25.9 Å².